The van der Waals surface area contributed by atoms with Crippen molar-refractivity contribution in [2.45, 2.75) is 38.0 Å². The molecule has 0 aliphatic heterocycles. The van der Waals surface area contributed by atoms with Crippen LogP contribution >= 0.6 is 0 Å². The van der Waals surface area contributed by atoms with Crippen LogP contribution in [0.15, 0.2) is 12.1 Å². The van der Waals surface area contributed by atoms with E-state index in [0.717, 1.165) is 31.7 Å². The molecule has 3 rings (SSSR count). The first kappa shape index (κ1) is 13.5. The van der Waals surface area contributed by atoms with Crippen molar-refractivity contribution in [2.75, 3.05) is 6.54 Å². The standard InChI is InChI=1S/C15H19F2N3/c1-9-4-6-15(8-18,7-5-9)14-19-11-3-2-10(16)12(17)13(11)20-14/h2-3,9H,4-8,18H2,1H3,(H,19,20). The van der Waals surface area contributed by atoms with Crippen LogP contribution in [0.25, 0.3) is 11.0 Å². The molecular formula is C15H19F2N3. The lowest BCUT2D eigenvalue weighted by Gasteiger charge is -2.36. The van der Waals surface area contributed by atoms with E-state index in [1.807, 2.05) is 0 Å². The van der Waals surface area contributed by atoms with Crippen molar-refractivity contribution in [3.63, 3.8) is 0 Å². The number of H-pyrrole nitrogens is 1. The zero-order chi connectivity index (χ0) is 14.3. The molecule has 0 spiro atoms. The van der Waals surface area contributed by atoms with Crippen LogP contribution in [-0.2, 0) is 5.41 Å². The Hall–Kier alpha value is -1.49. The van der Waals surface area contributed by atoms with Crippen molar-refractivity contribution in [2.24, 2.45) is 11.7 Å². The summed E-state index contributed by atoms with van der Waals surface area (Å²) in [5.41, 5.74) is 6.36. The Morgan fingerprint density at radius 2 is 2.05 bits per heavy atom. The molecule has 0 amide bonds. The number of benzene rings is 1. The van der Waals surface area contributed by atoms with E-state index < -0.39 is 11.6 Å². The van der Waals surface area contributed by atoms with Gasteiger partial charge in [-0.25, -0.2) is 13.8 Å². The van der Waals surface area contributed by atoms with Gasteiger partial charge in [-0.05, 0) is 43.7 Å². The Labute approximate surface area is 116 Å². The van der Waals surface area contributed by atoms with Crippen molar-refractivity contribution in [3.05, 3.63) is 29.6 Å². The highest BCUT2D eigenvalue weighted by molar-refractivity contribution is 5.76. The van der Waals surface area contributed by atoms with Crippen LogP contribution in [0.4, 0.5) is 8.78 Å². The number of nitrogens with zero attached hydrogens (tertiary/aromatic N) is 1. The molecule has 108 valence electrons. The predicted molar refractivity (Wildman–Crippen MR) is 74.4 cm³/mol. The maximum Gasteiger partial charge on any atom is 0.186 e. The van der Waals surface area contributed by atoms with Crippen molar-refractivity contribution in [1.82, 2.24) is 9.97 Å². The molecule has 1 aliphatic rings. The summed E-state index contributed by atoms with van der Waals surface area (Å²) in [6.45, 7) is 2.71. The van der Waals surface area contributed by atoms with Crippen LogP contribution in [0, 0.1) is 17.6 Å². The largest absolute Gasteiger partial charge is 0.341 e. The summed E-state index contributed by atoms with van der Waals surface area (Å²) < 4.78 is 27.1. The second-order valence-corrected chi connectivity index (χ2v) is 6.01. The minimum atomic E-state index is -0.888. The molecule has 1 aromatic heterocycles. The van der Waals surface area contributed by atoms with Crippen LogP contribution in [0.3, 0.4) is 0 Å². The van der Waals surface area contributed by atoms with E-state index in [1.165, 1.54) is 6.07 Å². The number of hydrogen-bond acceptors (Lipinski definition) is 2. The second kappa shape index (κ2) is 4.81. The van der Waals surface area contributed by atoms with Gasteiger partial charge in [0.25, 0.3) is 0 Å². The van der Waals surface area contributed by atoms with Crippen LogP contribution in [-0.4, -0.2) is 16.5 Å². The van der Waals surface area contributed by atoms with Gasteiger partial charge in [0.15, 0.2) is 11.6 Å². The highest BCUT2D eigenvalue weighted by atomic mass is 19.2. The van der Waals surface area contributed by atoms with Crippen molar-refractivity contribution in [3.8, 4) is 0 Å². The molecule has 1 heterocycles. The molecule has 1 fully saturated rings. The van der Waals surface area contributed by atoms with Gasteiger partial charge in [-0.2, -0.15) is 0 Å². The molecule has 2 aromatic rings. The van der Waals surface area contributed by atoms with Crippen LogP contribution < -0.4 is 5.73 Å². The molecule has 3 nitrogen and oxygen atoms in total. The molecule has 0 bridgehead atoms. The third-order valence-electron chi connectivity index (χ3n) is 4.67. The number of halogens is 2. The minimum absolute atomic E-state index is 0.0754. The van der Waals surface area contributed by atoms with E-state index in [4.69, 9.17) is 5.73 Å². The van der Waals surface area contributed by atoms with Crippen molar-refractivity contribution < 1.29 is 8.78 Å². The summed E-state index contributed by atoms with van der Waals surface area (Å²) >= 11 is 0. The van der Waals surface area contributed by atoms with Gasteiger partial charge in [-0.3, -0.25) is 0 Å². The fourth-order valence-corrected chi connectivity index (χ4v) is 3.12. The molecule has 5 heteroatoms. The maximum absolute atomic E-state index is 13.8. The van der Waals surface area contributed by atoms with E-state index in [0.29, 0.717) is 23.8 Å². The number of nitrogens with one attached hydrogen (secondary N) is 1. The molecule has 0 unspecified atom stereocenters. The van der Waals surface area contributed by atoms with E-state index in [1.54, 1.807) is 0 Å². The lowest BCUT2D eigenvalue weighted by Crippen LogP contribution is -2.39. The summed E-state index contributed by atoms with van der Waals surface area (Å²) in [7, 11) is 0. The highest BCUT2D eigenvalue weighted by Gasteiger charge is 2.37. The number of rotatable bonds is 2. The molecule has 0 atom stereocenters. The predicted octanol–water partition coefficient (Wildman–Crippen LogP) is 3.25. The first-order valence-electron chi connectivity index (χ1n) is 7.10. The fourth-order valence-electron chi connectivity index (χ4n) is 3.12. The summed E-state index contributed by atoms with van der Waals surface area (Å²) in [5, 5.41) is 0. The molecule has 3 N–H and O–H groups in total. The van der Waals surface area contributed by atoms with Gasteiger partial charge >= 0.3 is 0 Å². The lowest BCUT2D eigenvalue weighted by molar-refractivity contribution is 0.238. The van der Waals surface area contributed by atoms with E-state index >= 15 is 0 Å². The number of aromatic amines is 1. The topological polar surface area (TPSA) is 54.7 Å². The second-order valence-electron chi connectivity index (χ2n) is 6.01. The average Bonchev–Trinajstić information content (AvgIpc) is 2.90. The zero-order valence-electron chi connectivity index (χ0n) is 11.5. The third-order valence-corrected chi connectivity index (χ3v) is 4.67. The number of hydrogen-bond donors (Lipinski definition) is 2. The Morgan fingerprint density at radius 3 is 2.70 bits per heavy atom. The van der Waals surface area contributed by atoms with E-state index in [-0.39, 0.29) is 10.9 Å². The quantitative estimate of drug-likeness (QED) is 0.886. The summed E-state index contributed by atoms with van der Waals surface area (Å²) in [6.07, 6.45) is 4.05. The maximum atomic E-state index is 13.8. The molecule has 1 aromatic carbocycles. The first-order chi connectivity index (χ1) is 9.55. The lowest BCUT2D eigenvalue weighted by atomic mass is 9.70. The van der Waals surface area contributed by atoms with Gasteiger partial charge in [0, 0.05) is 12.0 Å². The summed E-state index contributed by atoms with van der Waals surface area (Å²) in [6, 6.07) is 2.65. The average molecular weight is 279 g/mol. The minimum Gasteiger partial charge on any atom is -0.341 e. The normalized spacial score (nSPS) is 27.1. The molecular weight excluding hydrogens is 260 g/mol. The molecule has 0 saturated heterocycles. The Morgan fingerprint density at radius 1 is 1.35 bits per heavy atom. The number of fused-ring (bicyclic) bond motifs is 1. The van der Waals surface area contributed by atoms with Gasteiger partial charge in [-0.15, -0.1) is 0 Å². The smallest absolute Gasteiger partial charge is 0.186 e. The number of nitrogens with two attached hydrogens (primary N) is 1. The third kappa shape index (κ3) is 2.00. The van der Waals surface area contributed by atoms with E-state index in [2.05, 4.69) is 16.9 Å². The number of aromatic nitrogens is 2. The van der Waals surface area contributed by atoms with Gasteiger partial charge in [0.1, 0.15) is 11.3 Å². The monoisotopic (exact) mass is 279 g/mol. The van der Waals surface area contributed by atoms with Crippen molar-refractivity contribution in [1.29, 1.82) is 0 Å². The van der Waals surface area contributed by atoms with Crippen molar-refractivity contribution >= 4 is 11.0 Å². The van der Waals surface area contributed by atoms with Gasteiger partial charge in [0.2, 0.25) is 0 Å². The fraction of sp³-hybridized carbons (Fsp3) is 0.533. The van der Waals surface area contributed by atoms with Crippen LogP contribution in [0.5, 0.6) is 0 Å². The molecule has 1 saturated carbocycles. The summed E-state index contributed by atoms with van der Waals surface area (Å²) in [5.74, 6) is -0.365. The first-order valence-corrected chi connectivity index (χ1v) is 7.10. The SMILES string of the molecule is CC1CCC(CN)(c2nc3c(F)c(F)ccc3[nH]2)CC1. The number of imidazole rings is 1. The Kier molecular flexibility index (Phi) is 3.24. The van der Waals surface area contributed by atoms with Crippen LogP contribution in [0.2, 0.25) is 0 Å². The Bertz CT molecular complexity index is 627. The highest BCUT2D eigenvalue weighted by Crippen LogP contribution is 2.40. The summed E-state index contributed by atoms with van der Waals surface area (Å²) in [4.78, 5) is 7.46. The molecule has 1 aliphatic carbocycles. The van der Waals surface area contributed by atoms with Crippen LogP contribution in [0.1, 0.15) is 38.4 Å². The van der Waals surface area contributed by atoms with Gasteiger partial charge in [0.05, 0.1) is 5.52 Å². The van der Waals surface area contributed by atoms with Gasteiger partial charge < -0.3 is 10.7 Å². The molecule has 20 heavy (non-hydrogen) atoms. The Balaban J connectivity index is 2.06. The van der Waals surface area contributed by atoms with E-state index in [9.17, 15) is 8.78 Å². The van der Waals surface area contributed by atoms with Gasteiger partial charge in [-0.1, -0.05) is 6.92 Å². The molecule has 0 radical (unpaired) electrons. The zero-order valence-corrected chi connectivity index (χ0v) is 11.5.